The van der Waals surface area contributed by atoms with Crippen molar-refractivity contribution in [1.82, 2.24) is 0 Å². The summed E-state index contributed by atoms with van der Waals surface area (Å²) in [5, 5.41) is 26.3. The molecule has 0 aromatic heterocycles. The molecular formula is C13H12O6. The third kappa shape index (κ3) is 4.27. The fourth-order valence-corrected chi connectivity index (χ4v) is 1.61. The van der Waals surface area contributed by atoms with Crippen LogP contribution in [-0.4, -0.2) is 33.2 Å². The molecule has 0 aliphatic rings. The molecule has 6 heteroatoms. The highest BCUT2D eigenvalue weighted by atomic mass is 16.4. The molecule has 6 nitrogen and oxygen atoms in total. The van der Waals surface area contributed by atoms with Gasteiger partial charge in [-0.05, 0) is 29.7 Å². The number of carbonyl (C=O) groups is 3. The first-order chi connectivity index (χ1) is 8.91. The molecule has 100 valence electrons. The molecule has 19 heavy (non-hydrogen) atoms. The van der Waals surface area contributed by atoms with Gasteiger partial charge in [-0.25, -0.2) is 9.59 Å². The van der Waals surface area contributed by atoms with Crippen LogP contribution in [0.15, 0.2) is 24.3 Å². The highest BCUT2D eigenvalue weighted by Gasteiger charge is 2.12. The predicted molar refractivity (Wildman–Crippen MR) is 66.0 cm³/mol. The monoisotopic (exact) mass is 264 g/mol. The Balaban J connectivity index is 3.21. The van der Waals surface area contributed by atoms with E-state index in [1.54, 1.807) is 6.07 Å². The van der Waals surface area contributed by atoms with E-state index in [1.165, 1.54) is 18.2 Å². The normalized spacial score (nSPS) is 10.5. The van der Waals surface area contributed by atoms with Gasteiger partial charge < -0.3 is 15.3 Å². The van der Waals surface area contributed by atoms with E-state index in [0.29, 0.717) is 5.56 Å². The summed E-state index contributed by atoms with van der Waals surface area (Å²) in [5.41, 5.74) is 0.652. The SMILES string of the molecule is O=C(O)/C=C/c1c(CCC(=O)O)cccc1C(=O)O. The van der Waals surface area contributed by atoms with E-state index < -0.39 is 17.9 Å². The van der Waals surface area contributed by atoms with Gasteiger partial charge in [-0.1, -0.05) is 12.1 Å². The molecule has 0 amide bonds. The van der Waals surface area contributed by atoms with Gasteiger partial charge in [-0.2, -0.15) is 0 Å². The Kier molecular flexibility index (Phi) is 4.82. The number of hydrogen-bond acceptors (Lipinski definition) is 3. The van der Waals surface area contributed by atoms with Crippen LogP contribution in [0, 0.1) is 0 Å². The van der Waals surface area contributed by atoms with Gasteiger partial charge >= 0.3 is 17.9 Å². The lowest BCUT2D eigenvalue weighted by Crippen LogP contribution is -2.05. The van der Waals surface area contributed by atoms with Crippen LogP contribution in [-0.2, 0) is 16.0 Å². The fraction of sp³-hybridized carbons (Fsp3) is 0.154. The van der Waals surface area contributed by atoms with Gasteiger partial charge in [-0.15, -0.1) is 0 Å². The minimum absolute atomic E-state index is 0.0552. The summed E-state index contributed by atoms with van der Waals surface area (Å²) in [6.45, 7) is 0. The molecule has 0 atom stereocenters. The number of aliphatic carboxylic acids is 2. The maximum Gasteiger partial charge on any atom is 0.336 e. The lowest BCUT2D eigenvalue weighted by molar-refractivity contribution is -0.137. The Morgan fingerprint density at radius 2 is 1.79 bits per heavy atom. The molecular weight excluding hydrogens is 252 g/mol. The van der Waals surface area contributed by atoms with Crippen LogP contribution in [0.3, 0.4) is 0 Å². The van der Waals surface area contributed by atoms with Crippen molar-refractivity contribution in [2.24, 2.45) is 0 Å². The summed E-state index contributed by atoms with van der Waals surface area (Å²) in [5.74, 6) is -3.40. The summed E-state index contributed by atoms with van der Waals surface area (Å²) < 4.78 is 0. The largest absolute Gasteiger partial charge is 0.481 e. The number of carboxylic acids is 3. The maximum atomic E-state index is 11.1. The summed E-state index contributed by atoms with van der Waals surface area (Å²) in [6.07, 6.45) is 1.97. The van der Waals surface area contributed by atoms with Gasteiger partial charge in [0.25, 0.3) is 0 Å². The third-order valence-corrected chi connectivity index (χ3v) is 2.43. The lowest BCUT2D eigenvalue weighted by atomic mass is 9.97. The number of carboxylic acid groups (broad SMARTS) is 3. The van der Waals surface area contributed by atoms with E-state index in [1.807, 2.05) is 0 Å². The molecule has 0 aliphatic carbocycles. The molecule has 0 saturated heterocycles. The van der Waals surface area contributed by atoms with Crippen molar-refractivity contribution in [3.05, 3.63) is 41.0 Å². The van der Waals surface area contributed by atoms with Gasteiger partial charge in [-0.3, -0.25) is 4.79 Å². The van der Waals surface area contributed by atoms with Crippen LogP contribution in [0.5, 0.6) is 0 Å². The van der Waals surface area contributed by atoms with E-state index in [9.17, 15) is 14.4 Å². The van der Waals surface area contributed by atoms with E-state index in [-0.39, 0.29) is 24.0 Å². The van der Waals surface area contributed by atoms with Crippen LogP contribution in [0.4, 0.5) is 0 Å². The Bertz CT molecular complexity index is 544. The van der Waals surface area contributed by atoms with Crippen molar-refractivity contribution in [3.63, 3.8) is 0 Å². The molecule has 3 N–H and O–H groups in total. The molecule has 0 fully saturated rings. The van der Waals surface area contributed by atoms with Crippen molar-refractivity contribution < 1.29 is 29.7 Å². The minimum Gasteiger partial charge on any atom is -0.481 e. The lowest BCUT2D eigenvalue weighted by Gasteiger charge is -2.08. The molecule has 0 heterocycles. The van der Waals surface area contributed by atoms with Gasteiger partial charge in [0.1, 0.15) is 0 Å². The van der Waals surface area contributed by atoms with Gasteiger partial charge in [0.05, 0.1) is 5.56 Å². The standard InChI is InChI=1S/C13H12O6/c14-11(15)6-4-8-2-1-3-10(13(18)19)9(8)5-7-12(16)17/h1-3,5,7H,4,6H2,(H,14,15)(H,16,17)(H,18,19)/b7-5+. The molecule has 0 bridgehead atoms. The predicted octanol–water partition coefficient (Wildman–Crippen LogP) is 1.50. The topological polar surface area (TPSA) is 112 Å². The molecule has 0 radical (unpaired) electrons. The highest BCUT2D eigenvalue weighted by molar-refractivity contribution is 5.95. The molecule has 0 saturated carbocycles. The van der Waals surface area contributed by atoms with E-state index in [0.717, 1.165) is 6.08 Å². The van der Waals surface area contributed by atoms with Crippen LogP contribution in [0.2, 0.25) is 0 Å². The quantitative estimate of drug-likeness (QED) is 0.671. The average Bonchev–Trinajstić information content (AvgIpc) is 2.33. The third-order valence-electron chi connectivity index (χ3n) is 2.43. The first-order valence-corrected chi connectivity index (χ1v) is 5.40. The Hall–Kier alpha value is -2.63. The van der Waals surface area contributed by atoms with Crippen molar-refractivity contribution in [2.75, 3.05) is 0 Å². The van der Waals surface area contributed by atoms with Crippen LogP contribution >= 0.6 is 0 Å². The molecule has 1 aromatic rings. The van der Waals surface area contributed by atoms with Crippen molar-refractivity contribution >= 4 is 24.0 Å². The van der Waals surface area contributed by atoms with E-state index in [4.69, 9.17) is 15.3 Å². The summed E-state index contributed by atoms with van der Waals surface area (Å²) in [6, 6.07) is 4.42. The summed E-state index contributed by atoms with van der Waals surface area (Å²) in [4.78, 5) is 32.1. The summed E-state index contributed by atoms with van der Waals surface area (Å²) in [7, 11) is 0. The van der Waals surface area contributed by atoms with Gasteiger partial charge in [0, 0.05) is 12.5 Å². The number of aromatic carboxylic acids is 1. The first-order valence-electron chi connectivity index (χ1n) is 5.40. The number of aryl methyl sites for hydroxylation is 1. The van der Waals surface area contributed by atoms with Crippen LogP contribution in [0.1, 0.15) is 27.9 Å². The average molecular weight is 264 g/mol. The molecule has 0 spiro atoms. The van der Waals surface area contributed by atoms with E-state index in [2.05, 4.69) is 0 Å². The second-order valence-corrected chi connectivity index (χ2v) is 3.75. The Morgan fingerprint density at radius 1 is 1.11 bits per heavy atom. The molecule has 0 unspecified atom stereocenters. The highest BCUT2D eigenvalue weighted by Crippen LogP contribution is 2.19. The summed E-state index contributed by atoms with van der Waals surface area (Å²) >= 11 is 0. The van der Waals surface area contributed by atoms with E-state index >= 15 is 0 Å². The van der Waals surface area contributed by atoms with Crippen LogP contribution < -0.4 is 0 Å². The first kappa shape index (κ1) is 14.4. The zero-order valence-corrected chi connectivity index (χ0v) is 9.87. The molecule has 0 aliphatic heterocycles. The smallest absolute Gasteiger partial charge is 0.336 e. The zero-order chi connectivity index (χ0) is 14.4. The van der Waals surface area contributed by atoms with Gasteiger partial charge in [0.15, 0.2) is 0 Å². The van der Waals surface area contributed by atoms with Gasteiger partial charge in [0.2, 0.25) is 0 Å². The number of rotatable bonds is 6. The maximum absolute atomic E-state index is 11.1. The van der Waals surface area contributed by atoms with Crippen molar-refractivity contribution in [3.8, 4) is 0 Å². The second-order valence-electron chi connectivity index (χ2n) is 3.75. The molecule has 1 rings (SSSR count). The minimum atomic E-state index is -1.20. The number of hydrogen-bond donors (Lipinski definition) is 3. The second kappa shape index (κ2) is 6.34. The Morgan fingerprint density at radius 3 is 2.32 bits per heavy atom. The zero-order valence-electron chi connectivity index (χ0n) is 9.87. The Labute approximate surface area is 108 Å². The number of benzene rings is 1. The molecule has 1 aromatic carbocycles. The fourth-order valence-electron chi connectivity index (χ4n) is 1.61. The van der Waals surface area contributed by atoms with Crippen molar-refractivity contribution in [1.29, 1.82) is 0 Å². The van der Waals surface area contributed by atoms with Crippen LogP contribution in [0.25, 0.3) is 6.08 Å². The van der Waals surface area contributed by atoms with Crippen molar-refractivity contribution in [2.45, 2.75) is 12.8 Å².